The number of rotatable bonds is 5. The van der Waals surface area contributed by atoms with Crippen LogP contribution in [0.5, 0.6) is 5.75 Å². The summed E-state index contributed by atoms with van der Waals surface area (Å²) < 4.78 is 5.59. The van der Waals surface area contributed by atoms with Crippen LogP contribution in [-0.2, 0) is 4.79 Å². The van der Waals surface area contributed by atoms with E-state index in [0.29, 0.717) is 11.4 Å². The second-order valence-electron chi connectivity index (χ2n) is 5.86. The summed E-state index contributed by atoms with van der Waals surface area (Å²) in [5.74, 6) is 0.344. The van der Waals surface area contributed by atoms with Crippen molar-refractivity contribution in [1.29, 1.82) is 0 Å². The number of aromatic amines is 1. The number of anilines is 1. The molecule has 2 aromatic carbocycles. The molecule has 1 heterocycles. The third kappa shape index (κ3) is 3.80. The molecule has 0 radical (unpaired) electrons. The summed E-state index contributed by atoms with van der Waals surface area (Å²) in [6.45, 7) is 3.67. The number of ether oxygens (including phenoxy) is 1. The van der Waals surface area contributed by atoms with E-state index >= 15 is 0 Å². The zero-order valence-corrected chi connectivity index (χ0v) is 14.2. The average molecular weight is 336 g/mol. The maximum atomic E-state index is 11.9. The van der Waals surface area contributed by atoms with Gasteiger partial charge < -0.3 is 15.5 Å². The summed E-state index contributed by atoms with van der Waals surface area (Å²) in [7, 11) is 0. The van der Waals surface area contributed by atoms with Gasteiger partial charge in [0.15, 0.2) is 6.61 Å². The highest BCUT2D eigenvalue weighted by Gasteiger charge is 2.08. The number of hydrogen-bond acceptors (Lipinski definition) is 4. The maximum absolute atomic E-state index is 11.9. The smallest absolute Gasteiger partial charge is 0.277 e. The molecule has 0 aliphatic heterocycles. The molecule has 3 aromatic rings. The van der Waals surface area contributed by atoms with Gasteiger partial charge in [-0.25, -0.2) is 5.43 Å². The van der Waals surface area contributed by atoms with E-state index in [1.807, 2.05) is 56.4 Å². The zero-order valence-electron chi connectivity index (χ0n) is 14.2. The van der Waals surface area contributed by atoms with E-state index in [1.165, 1.54) is 0 Å². The van der Waals surface area contributed by atoms with Gasteiger partial charge in [-0.1, -0.05) is 18.2 Å². The van der Waals surface area contributed by atoms with Gasteiger partial charge in [-0.2, -0.15) is 5.10 Å². The SMILES string of the molecule is Cc1cc(N)cc(C)c1OCC(=O)N/N=C/c1c[nH]c2ccccc12. The standard InChI is InChI=1S/C19H20N4O2/c1-12-7-15(20)8-13(2)19(12)25-11-18(24)23-22-10-14-9-21-17-6-4-3-5-16(14)17/h3-10,21H,11,20H2,1-2H3,(H,23,24)/b22-10+. The molecule has 4 N–H and O–H groups in total. The van der Waals surface area contributed by atoms with E-state index in [0.717, 1.165) is 27.6 Å². The molecule has 0 spiro atoms. The van der Waals surface area contributed by atoms with Crippen LogP contribution in [0.15, 0.2) is 47.7 Å². The number of amides is 1. The van der Waals surface area contributed by atoms with Gasteiger partial charge in [0.2, 0.25) is 0 Å². The molecule has 3 rings (SSSR count). The number of fused-ring (bicyclic) bond motifs is 1. The van der Waals surface area contributed by atoms with Gasteiger partial charge in [0.05, 0.1) is 6.21 Å². The Bertz CT molecular complexity index is 920. The fourth-order valence-corrected chi connectivity index (χ4v) is 2.76. The van der Waals surface area contributed by atoms with Gasteiger partial charge in [-0.05, 0) is 43.2 Å². The Balaban J connectivity index is 1.58. The first-order valence-corrected chi connectivity index (χ1v) is 7.92. The Kier molecular flexibility index (Phi) is 4.70. The second kappa shape index (κ2) is 7.09. The summed E-state index contributed by atoms with van der Waals surface area (Å²) in [5, 5.41) is 5.04. The molecule has 0 aliphatic rings. The number of nitrogens with two attached hydrogens (primary N) is 1. The van der Waals surface area contributed by atoms with Crippen molar-refractivity contribution < 1.29 is 9.53 Å². The molecule has 0 fully saturated rings. The molecule has 25 heavy (non-hydrogen) atoms. The predicted octanol–water partition coefficient (Wildman–Crippen LogP) is 2.90. The van der Waals surface area contributed by atoms with Crippen LogP contribution in [0.25, 0.3) is 10.9 Å². The number of para-hydroxylation sites is 1. The number of aromatic nitrogens is 1. The van der Waals surface area contributed by atoms with Crippen molar-refractivity contribution in [3.8, 4) is 5.75 Å². The summed E-state index contributed by atoms with van der Waals surface area (Å²) in [6, 6.07) is 11.5. The Morgan fingerprint density at radius 2 is 2.00 bits per heavy atom. The van der Waals surface area contributed by atoms with Crippen LogP contribution < -0.4 is 15.9 Å². The summed E-state index contributed by atoms with van der Waals surface area (Å²) in [5.41, 5.74) is 12.6. The fraction of sp³-hybridized carbons (Fsp3) is 0.158. The topological polar surface area (TPSA) is 92.5 Å². The van der Waals surface area contributed by atoms with Crippen molar-refractivity contribution in [2.24, 2.45) is 5.10 Å². The van der Waals surface area contributed by atoms with E-state index in [4.69, 9.17) is 10.5 Å². The maximum Gasteiger partial charge on any atom is 0.277 e. The number of nitrogens with zero attached hydrogens (tertiary/aromatic N) is 1. The van der Waals surface area contributed by atoms with E-state index < -0.39 is 0 Å². The monoisotopic (exact) mass is 336 g/mol. The molecule has 0 atom stereocenters. The normalized spacial score (nSPS) is 11.1. The average Bonchev–Trinajstić information content (AvgIpc) is 2.97. The third-order valence-electron chi connectivity index (χ3n) is 3.84. The number of carbonyl (C=O) groups excluding carboxylic acids is 1. The zero-order chi connectivity index (χ0) is 17.8. The molecule has 6 nitrogen and oxygen atoms in total. The minimum absolute atomic E-state index is 0.114. The van der Waals surface area contributed by atoms with Crippen molar-refractivity contribution in [2.45, 2.75) is 13.8 Å². The molecular formula is C19H20N4O2. The number of carbonyl (C=O) groups is 1. The largest absolute Gasteiger partial charge is 0.483 e. The molecular weight excluding hydrogens is 316 g/mol. The van der Waals surface area contributed by atoms with Crippen LogP contribution in [-0.4, -0.2) is 23.7 Å². The Morgan fingerprint density at radius 3 is 2.76 bits per heavy atom. The quantitative estimate of drug-likeness (QED) is 0.380. The molecule has 128 valence electrons. The van der Waals surface area contributed by atoms with Gasteiger partial charge in [-0.3, -0.25) is 4.79 Å². The summed E-state index contributed by atoms with van der Waals surface area (Å²) >= 11 is 0. The molecule has 1 amide bonds. The van der Waals surface area contributed by atoms with Gasteiger partial charge in [0.25, 0.3) is 5.91 Å². The van der Waals surface area contributed by atoms with E-state index in [-0.39, 0.29) is 12.5 Å². The number of nitrogens with one attached hydrogen (secondary N) is 2. The van der Waals surface area contributed by atoms with Crippen LogP contribution in [0.4, 0.5) is 5.69 Å². The highest BCUT2D eigenvalue weighted by molar-refractivity contribution is 5.99. The van der Waals surface area contributed by atoms with Crippen LogP contribution >= 0.6 is 0 Å². The first kappa shape index (κ1) is 16.6. The Hall–Kier alpha value is -3.28. The van der Waals surface area contributed by atoms with Gasteiger partial charge in [0.1, 0.15) is 5.75 Å². The highest BCUT2D eigenvalue weighted by atomic mass is 16.5. The predicted molar refractivity (Wildman–Crippen MR) is 99.9 cm³/mol. The van der Waals surface area contributed by atoms with Crippen LogP contribution in [0, 0.1) is 13.8 Å². The van der Waals surface area contributed by atoms with Crippen molar-refractivity contribution in [2.75, 3.05) is 12.3 Å². The third-order valence-corrected chi connectivity index (χ3v) is 3.84. The van der Waals surface area contributed by atoms with E-state index in [9.17, 15) is 4.79 Å². The molecule has 6 heteroatoms. The minimum atomic E-state index is -0.327. The number of hydrazone groups is 1. The van der Waals surface area contributed by atoms with Crippen molar-refractivity contribution in [3.63, 3.8) is 0 Å². The number of H-pyrrole nitrogens is 1. The highest BCUT2D eigenvalue weighted by Crippen LogP contribution is 2.25. The lowest BCUT2D eigenvalue weighted by atomic mass is 10.1. The fourth-order valence-electron chi connectivity index (χ4n) is 2.76. The Morgan fingerprint density at radius 1 is 1.28 bits per heavy atom. The van der Waals surface area contributed by atoms with E-state index in [2.05, 4.69) is 15.5 Å². The molecule has 0 bridgehead atoms. The second-order valence-corrected chi connectivity index (χ2v) is 5.86. The number of benzene rings is 2. The van der Waals surface area contributed by atoms with Crippen molar-refractivity contribution in [3.05, 3.63) is 59.3 Å². The molecule has 0 saturated heterocycles. The number of hydrogen-bond donors (Lipinski definition) is 3. The first-order valence-electron chi connectivity index (χ1n) is 7.92. The van der Waals surface area contributed by atoms with Gasteiger partial charge >= 0.3 is 0 Å². The lowest BCUT2D eigenvalue weighted by Crippen LogP contribution is -2.25. The number of nitrogen functional groups attached to an aromatic ring is 1. The lowest BCUT2D eigenvalue weighted by Gasteiger charge is -2.12. The van der Waals surface area contributed by atoms with Crippen LogP contribution in [0.3, 0.4) is 0 Å². The van der Waals surface area contributed by atoms with Crippen LogP contribution in [0.1, 0.15) is 16.7 Å². The van der Waals surface area contributed by atoms with Crippen molar-refractivity contribution in [1.82, 2.24) is 10.4 Å². The molecule has 0 aliphatic carbocycles. The van der Waals surface area contributed by atoms with E-state index in [1.54, 1.807) is 6.21 Å². The first-order chi connectivity index (χ1) is 12.0. The lowest BCUT2D eigenvalue weighted by molar-refractivity contribution is -0.123. The van der Waals surface area contributed by atoms with Crippen LogP contribution in [0.2, 0.25) is 0 Å². The molecule has 0 unspecified atom stereocenters. The summed E-state index contributed by atoms with van der Waals surface area (Å²) in [4.78, 5) is 15.1. The molecule has 1 aromatic heterocycles. The van der Waals surface area contributed by atoms with Gasteiger partial charge in [0, 0.05) is 28.4 Å². The Labute approximate surface area is 145 Å². The van der Waals surface area contributed by atoms with Crippen molar-refractivity contribution >= 4 is 28.7 Å². The molecule has 0 saturated carbocycles. The minimum Gasteiger partial charge on any atom is -0.483 e. The van der Waals surface area contributed by atoms with Gasteiger partial charge in [-0.15, -0.1) is 0 Å². The number of aryl methyl sites for hydroxylation is 2. The summed E-state index contributed by atoms with van der Waals surface area (Å²) in [6.07, 6.45) is 3.45.